The van der Waals surface area contributed by atoms with E-state index in [1.165, 1.54) is 30.3 Å². The number of ether oxygens (including phenoxy) is 1. The number of halogens is 4. The van der Waals surface area contributed by atoms with E-state index < -0.39 is 27.3 Å². The lowest BCUT2D eigenvalue weighted by Gasteiger charge is -2.28. The highest BCUT2D eigenvalue weighted by Gasteiger charge is 2.47. The van der Waals surface area contributed by atoms with Crippen molar-refractivity contribution in [1.82, 2.24) is 20.1 Å². The van der Waals surface area contributed by atoms with E-state index in [0.29, 0.717) is 55.8 Å². The van der Waals surface area contributed by atoms with Gasteiger partial charge in [-0.3, -0.25) is 9.48 Å². The fourth-order valence-electron chi connectivity index (χ4n) is 4.45. The molecule has 0 aliphatic heterocycles. The molecular weight excluding hydrogens is 559 g/mol. The SMILES string of the molecule is CCn1nc(C(=O)NC[C@H]2CC[C@H](S(C)(=O)=O)CC2)c(Cl)c1-c1cnc(NCC(C)(C)C(F)(F)F)cc1OC. The molecule has 9 nitrogen and oxygen atoms in total. The number of amides is 1. The molecule has 2 N–H and O–H groups in total. The molecule has 0 bridgehead atoms. The average Bonchev–Trinajstić information content (AvgIpc) is 3.20. The number of rotatable bonds is 10. The van der Waals surface area contributed by atoms with E-state index >= 15 is 0 Å². The number of sulfone groups is 1. The number of hydrogen-bond acceptors (Lipinski definition) is 7. The van der Waals surface area contributed by atoms with E-state index in [2.05, 4.69) is 20.7 Å². The van der Waals surface area contributed by atoms with Gasteiger partial charge in [-0.1, -0.05) is 11.6 Å². The Labute approximate surface area is 231 Å². The molecule has 0 spiro atoms. The van der Waals surface area contributed by atoms with Gasteiger partial charge < -0.3 is 15.4 Å². The smallest absolute Gasteiger partial charge is 0.395 e. The lowest BCUT2D eigenvalue weighted by atomic mass is 9.89. The zero-order valence-electron chi connectivity index (χ0n) is 22.7. The molecule has 1 aliphatic rings. The Morgan fingerprint density at radius 3 is 2.41 bits per heavy atom. The topological polar surface area (TPSA) is 115 Å². The Morgan fingerprint density at radius 2 is 1.87 bits per heavy atom. The number of methoxy groups -OCH3 is 1. The van der Waals surface area contributed by atoms with Crippen LogP contribution in [0, 0.1) is 11.3 Å². The quantitative estimate of drug-likeness (QED) is 0.400. The van der Waals surface area contributed by atoms with Gasteiger partial charge in [0.1, 0.15) is 21.4 Å². The first kappa shape index (κ1) is 31.0. The molecule has 3 rings (SSSR count). The van der Waals surface area contributed by atoms with Crippen LogP contribution in [-0.4, -0.2) is 67.0 Å². The van der Waals surface area contributed by atoms with E-state index in [1.54, 1.807) is 0 Å². The van der Waals surface area contributed by atoms with E-state index in [9.17, 15) is 26.4 Å². The van der Waals surface area contributed by atoms with Crippen LogP contribution in [0.2, 0.25) is 5.02 Å². The number of anilines is 1. The third-order valence-electron chi connectivity index (χ3n) is 7.18. The number of pyridine rings is 1. The highest BCUT2D eigenvalue weighted by atomic mass is 35.5. The molecule has 0 unspecified atom stereocenters. The number of carbonyl (C=O) groups is 1. The monoisotopic (exact) mass is 593 g/mol. The molecule has 1 saturated carbocycles. The summed E-state index contributed by atoms with van der Waals surface area (Å²) in [7, 11) is -1.66. The number of hydrogen-bond donors (Lipinski definition) is 2. The molecule has 39 heavy (non-hydrogen) atoms. The highest BCUT2D eigenvalue weighted by Crippen LogP contribution is 2.39. The van der Waals surface area contributed by atoms with Gasteiger partial charge >= 0.3 is 6.18 Å². The van der Waals surface area contributed by atoms with Crippen LogP contribution in [-0.2, 0) is 16.4 Å². The number of aryl methyl sites for hydroxylation is 1. The van der Waals surface area contributed by atoms with Crippen LogP contribution in [0.4, 0.5) is 19.0 Å². The molecule has 218 valence electrons. The van der Waals surface area contributed by atoms with Crippen molar-refractivity contribution in [2.75, 3.05) is 31.8 Å². The maximum atomic E-state index is 13.2. The number of aromatic nitrogens is 3. The highest BCUT2D eigenvalue weighted by molar-refractivity contribution is 7.91. The molecule has 0 atom stereocenters. The van der Waals surface area contributed by atoms with Crippen LogP contribution in [0.1, 0.15) is 56.9 Å². The van der Waals surface area contributed by atoms with Gasteiger partial charge in [0, 0.05) is 38.2 Å². The van der Waals surface area contributed by atoms with Gasteiger partial charge in [-0.05, 0) is 52.4 Å². The van der Waals surface area contributed by atoms with Crippen LogP contribution in [0.3, 0.4) is 0 Å². The van der Waals surface area contributed by atoms with Crippen molar-refractivity contribution in [3.63, 3.8) is 0 Å². The molecule has 2 heterocycles. The van der Waals surface area contributed by atoms with Crippen molar-refractivity contribution in [2.45, 2.75) is 64.4 Å². The fourth-order valence-corrected chi connectivity index (χ4v) is 5.90. The molecule has 0 saturated heterocycles. The minimum atomic E-state index is -4.39. The van der Waals surface area contributed by atoms with Crippen LogP contribution in [0.5, 0.6) is 5.75 Å². The molecule has 0 aromatic carbocycles. The largest absolute Gasteiger partial charge is 0.496 e. The molecular formula is C25H35ClF3N5O4S. The maximum absolute atomic E-state index is 13.2. The Hall–Kier alpha value is -2.54. The maximum Gasteiger partial charge on any atom is 0.395 e. The van der Waals surface area contributed by atoms with Gasteiger partial charge in [0.15, 0.2) is 5.69 Å². The van der Waals surface area contributed by atoms with Crippen LogP contribution in [0.15, 0.2) is 12.3 Å². The lowest BCUT2D eigenvalue weighted by Crippen LogP contribution is -2.38. The van der Waals surface area contributed by atoms with Crippen molar-refractivity contribution in [3.05, 3.63) is 23.0 Å². The Kier molecular flexibility index (Phi) is 9.47. The number of nitrogens with one attached hydrogen (secondary N) is 2. The summed E-state index contributed by atoms with van der Waals surface area (Å²) in [6.07, 6.45) is 0.816. The zero-order chi connectivity index (χ0) is 29.2. The van der Waals surface area contributed by atoms with Crippen LogP contribution in [0.25, 0.3) is 11.3 Å². The molecule has 1 aliphatic carbocycles. The van der Waals surface area contributed by atoms with Crippen molar-refractivity contribution in [2.24, 2.45) is 11.3 Å². The van der Waals surface area contributed by atoms with Gasteiger partial charge in [-0.2, -0.15) is 18.3 Å². The summed E-state index contributed by atoms with van der Waals surface area (Å²) in [5.41, 5.74) is -1.13. The summed E-state index contributed by atoms with van der Waals surface area (Å²) in [6.45, 7) is 4.38. The standard InChI is InChI=1S/C25H35ClF3N5O4S/c1-6-34-22(17-13-30-19(11-18(17)38-4)32-14-24(2,3)25(27,28)29)20(26)21(33-34)23(35)31-12-15-7-9-16(10-8-15)39(5,36)37/h11,13,15-16H,6-10,12,14H2,1-5H3,(H,30,32)(H,31,35)/t15-,16-. The summed E-state index contributed by atoms with van der Waals surface area (Å²) in [5, 5.41) is 9.71. The van der Waals surface area contributed by atoms with Crippen LogP contribution < -0.4 is 15.4 Å². The Balaban J connectivity index is 1.76. The molecule has 2 aromatic rings. The van der Waals surface area contributed by atoms with E-state index in [0.717, 1.165) is 13.8 Å². The van der Waals surface area contributed by atoms with Gasteiger partial charge in [-0.25, -0.2) is 13.4 Å². The Morgan fingerprint density at radius 1 is 1.23 bits per heavy atom. The van der Waals surface area contributed by atoms with E-state index in [-0.39, 0.29) is 34.2 Å². The van der Waals surface area contributed by atoms with Crippen molar-refractivity contribution >= 4 is 33.2 Å². The van der Waals surface area contributed by atoms with Gasteiger partial charge in [0.2, 0.25) is 0 Å². The minimum Gasteiger partial charge on any atom is -0.496 e. The second-order valence-electron chi connectivity index (χ2n) is 10.5. The summed E-state index contributed by atoms with van der Waals surface area (Å²) >= 11 is 6.63. The summed E-state index contributed by atoms with van der Waals surface area (Å²) in [6, 6.07) is 1.47. The van der Waals surface area contributed by atoms with Gasteiger partial charge in [0.05, 0.1) is 34.1 Å². The van der Waals surface area contributed by atoms with E-state index in [4.69, 9.17) is 16.3 Å². The first-order valence-corrected chi connectivity index (χ1v) is 15.0. The minimum absolute atomic E-state index is 0.0227. The number of alkyl halides is 3. The predicted octanol–water partition coefficient (Wildman–Crippen LogP) is 4.96. The van der Waals surface area contributed by atoms with Crippen molar-refractivity contribution < 1.29 is 31.1 Å². The first-order valence-electron chi connectivity index (χ1n) is 12.7. The van der Waals surface area contributed by atoms with Gasteiger partial charge in [-0.15, -0.1) is 0 Å². The second-order valence-corrected chi connectivity index (χ2v) is 13.2. The number of nitrogens with zero attached hydrogens (tertiary/aromatic N) is 3. The average molecular weight is 594 g/mol. The zero-order valence-corrected chi connectivity index (χ0v) is 24.2. The predicted molar refractivity (Wildman–Crippen MR) is 144 cm³/mol. The molecule has 0 radical (unpaired) electrons. The van der Waals surface area contributed by atoms with Crippen LogP contribution >= 0.6 is 11.6 Å². The molecule has 1 amide bonds. The van der Waals surface area contributed by atoms with Crippen molar-refractivity contribution in [3.8, 4) is 17.0 Å². The third kappa shape index (κ3) is 7.16. The molecule has 14 heteroatoms. The molecule has 1 fully saturated rings. The fraction of sp³-hybridized carbons (Fsp3) is 0.640. The normalized spacial score (nSPS) is 18.6. The third-order valence-corrected chi connectivity index (χ3v) is 9.22. The second kappa shape index (κ2) is 11.9. The summed E-state index contributed by atoms with van der Waals surface area (Å²) in [4.78, 5) is 17.2. The lowest BCUT2D eigenvalue weighted by molar-refractivity contribution is -0.206. The summed E-state index contributed by atoms with van der Waals surface area (Å²) < 4.78 is 70.2. The first-order chi connectivity index (χ1) is 18.1. The van der Waals surface area contributed by atoms with E-state index in [1.807, 2.05) is 6.92 Å². The molecule has 2 aromatic heterocycles. The van der Waals surface area contributed by atoms with Gasteiger partial charge in [0.25, 0.3) is 5.91 Å². The number of carbonyl (C=O) groups excluding carboxylic acids is 1. The Bertz CT molecular complexity index is 1290. The summed E-state index contributed by atoms with van der Waals surface area (Å²) in [5.74, 6) is 0.182. The van der Waals surface area contributed by atoms with Crippen molar-refractivity contribution in [1.29, 1.82) is 0 Å².